The van der Waals surface area contributed by atoms with E-state index in [1.54, 1.807) is 33.5 Å². The Labute approximate surface area is 376 Å². The molecule has 0 aliphatic rings. The summed E-state index contributed by atoms with van der Waals surface area (Å²) in [6.07, 6.45) is -2.03. The maximum absolute atomic E-state index is 12.8. The average Bonchev–Trinajstić information content (AvgIpc) is 3.37. The van der Waals surface area contributed by atoms with Crippen LogP contribution >= 0.6 is 0 Å². The van der Waals surface area contributed by atoms with Crippen LogP contribution in [-0.2, 0) is 33.0 Å². The minimum Gasteiger partial charge on any atom is -0.493 e. The third-order valence-electron chi connectivity index (χ3n) is 11.5. The third kappa shape index (κ3) is 10.8. The Hall–Kier alpha value is -6.46. The Kier molecular flexibility index (Phi) is 16.2. The molecule has 7 aromatic rings. The van der Waals surface area contributed by atoms with Crippen molar-refractivity contribution in [2.75, 3.05) is 41.3 Å². The van der Waals surface area contributed by atoms with Gasteiger partial charge in [0.25, 0.3) is 0 Å². The highest BCUT2D eigenvalue weighted by Gasteiger charge is 2.42. The maximum Gasteiger partial charge on any atom is 0.161 e. The first-order valence-electron chi connectivity index (χ1n) is 21.4. The lowest BCUT2D eigenvalue weighted by atomic mass is 9.78. The molecule has 0 saturated carbocycles. The Morgan fingerprint density at radius 2 is 0.906 bits per heavy atom. The molecule has 0 aromatic heterocycles. The van der Waals surface area contributed by atoms with Gasteiger partial charge in [0.15, 0.2) is 23.0 Å². The summed E-state index contributed by atoms with van der Waals surface area (Å²) in [7, 11) is 4.70. The van der Waals surface area contributed by atoms with E-state index < -0.39 is 36.3 Å². The second-order valence-electron chi connectivity index (χ2n) is 15.4. The lowest BCUT2D eigenvalue weighted by molar-refractivity contribution is -0.137. The van der Waals surface area contributed by atoms with Crippen molar-refractivity contribution in [3.8, 4) is 23.0 Å². The van der Waals surface area contributed by atoms with Gasteiger partial charge in [-0.1, -0.05) is 164 Å². The van der Waals surface area contributed by atoms with Gasteiger partial charge in [0, 0.05) is 25.6 Å². The molecule has 0 fully saturated rings. The van der Waals surface area contributed by atoms with Crippen LogP contribution in [0.1, 0.15) is 51.2 Å². The lowest BCUT2D eigenvalue weighted by Gasteiger charge is -2.40. The van der Waals surface area contributed by atoms with Gasteiger partial charge in [-0.3, -0.25) is 0 Å². The molecule has 0 bridgehead atoms. The van der Waals surface area contributed by atoms with Crippen LogP contribution in [0.25, 0.3) is 0 Å². The second-order valence-corrected chi connectivity index (χ2v) is 15.4. The van der Waals surface area contributed by atoms with Crippen molar-refractivity contribution in [2.45, 2.75) is 31.0 Å². The van der Waals surface area contributed by atoms with Crippen LogP contribution in [0.2, 0.25) is 0 Å². The summed E-state index contributed by atoms with van der Waals surface area (Å²) in [5.41, 5.74) is 4.79. The molecule has 7 aromatic carbocycles. The summed E-state index contributed by atoms with van der Waals surface area (Å²) in [5.74, 6) is 0.419. The van der Waals surface area contributed by atoms with E-state index in [0.717, 1.165) is 27.8 Å². The molecule has 0 amide bonds. The van der Waals surface area contributed by atoms with E-state index in [-0.39, 0.29) is 13.4 Å². The summed E-state index contributed by atoms with van der Waals surface area (Å²) in [6.45, 7) is 0.153. The van der Waals surface area contributed by atoms with Gasteiger partial charge in [-0.2, -0.15) is 0 Å². The van der Waals surface area contributed by atoms with Gasteiger partial charge in [0.1, 0.15) is 25.6 Å². The zero-order chi connectivity index (χ0) is 44.6. The first-order valence-corrected chi connectivity index (χ1v) is 21.4. The SMILES string of the molecule is COCO[C@@H](c1ccc(OCc2ccccc2)c(OC)c1)[C@@H](CO)[C@@H](COC(c1ccccc1)(c1ccccc1)c1ccccc1)[C@H](O)c1ccc(OCc2ccccc2)c(OC)c1. The summed E-state index contributed by atoms with van der Waals surface area (Å²) >= 11 is 0. The molecular formula is C55H56O9. The van der Waals surface area contributed by atoms with Crippen molar-refractivity contribution in [3.05, 3.63) is 227 Å². The molecule has 64 heavy (non-hydrogen) atoms. The molecule has 0 saturated heterocycles. The number of hydrogen-bond donors (Lipinski definition) is 2. The number of rotatable bonds is 23. The zero-order valence-electron chi connectivity index (χ0n) is 36.5. The Morgan fingerprint density at radius 1 is 0.484 bits per heavy atom. The number of ether oxygens (including phenoxy) is 7. The second kappa shape index (κ2) is 22.8. The Balaban J connectivity index is 1.31. The average molecular weight is 861 g/mol. The van der Waals surface area contributed by atoms with E-state index in [1.165, 1.54) is 0 Å². The van der Waals surface area contributed by atoms with E-state index in [9.17, 15) is 10.2 Å². The van der Waals surface area contributed by atoms with E-state index >= 15 is 0 Å². The van der Waals surface area contributed by atoms with Crippen molar-refractivity contribution >= 4 is 0 Å². The molecule has 0 spiro atoms. The van der Waals surface area contributed by atoms with Crippen molar-refractivity contribution in [1.29, 1.82) is 0 Å². The van der Waals surface area contributed by atoms with Gasteiger partial charge in [-0.05, 0) is 63.2 Å². The normalized spacial score (nSPS) is 13.3. The minimum atomic E-state index is -1.21. The van der Waals surface area contributed by atoms with Gasteiger partial charge in [-0.25, -0.2) is 0 Å². The lowest BCUT2D eigenvalue weighted by Crippen LogP contribution is -2.40. The topological polar surface area (TPSA) is 105 Å². The highest BCUT2D eigenvalue weighted by molar-refractivity contribution is 5.48. The Bertz CT molecular complexity index is 2340. The van der Waals surface area contributed by atoms with Crippen LogP contribution < -0.4 is 18.9 Å². The standard InChI is InChI=1S/C55H56O9/c1-58-39-63-54(43-30-32-50(52(34-43)60-3)62-37-41-21-11-5-12-22-41)47(35-56)48(53(57)42-29-31-49(51(33-42)59-2)61-36-40-19-9-4-10-20-40)38-64-55(44-23-13-6-14-24-44,45-25-15-7-16-26-45)46-27-17-8-18-28-46/h4-34,47-48,53-54,56-57H,35-39H2,1-3H3/t47-,48+,53+,54-/m0/s1. The molecule has 0 aliphatic heterocycles. The third-order valence-corrected chi connectivity index (χ3v) is 11.5. The van der Waals surface area contributed by atoms with Crippen LogP contribution in [0.3, 0.4) is 0 Å². The van der Waals surface area contributed by atoms with Crippen LogP contribution in [-0.4, -0.2) is 51.5 Å². The van der Waals surface area contributed by atoms with Gasteiger partial charge < -0.3 is 43.4 Å². The van der Waals surface area contributed by atoms with Crippen LogP contribution in [0.5, 0.6) is 23.0 Å². The fourth-order valence-electron chi connectivity index (χ4n) is 8.19. The van der Waals surface area contributed by atoms with Crippen LogP contribution in [0, 0.1) is 11.8 Å². The summed E-state index contributed by atoms with van der Waals surface area (Å²) in [5, 5.41) is 24.5. The molecule has 0 radical (unpaired) electrons. The van der Waals surface area contributed by atoms with Gasteiger partial charge in [-0.15, -0.1) is 0 Å². The summed E-state index contributed by atoms with van der Waals surface area (Å²) in [4.78, 5) is 0. The van der Waals surface area contributed by atoms with Crippen molar-refractivity contribution in [3.63, 3.8) is 0 Å². The van der Waals surface area contributed by atoms with Crippen molar-refractivity contribution < 1.29 is 43.4 Å². The smallest absolute Gasteiger partial charge is 0.161 e. The molecule has 0 unspecified atom stereocenters. The highest BCUT2D eigenvalue weighted by atomic mass is 16.7. The minimum absolute atomic E-state index is 0.0398. The first kappa shape index (κ1) is 45.6. The molecule has 4 atom stereocenters. The fourth-order valence-corrected chi connectivity index (χ4v) is 8.19. The predicted octanol–water partition coefficient (Wildman–Crippen LogP) is 10.5. The fraction of sp³-hybridized carbons (Fsp3) is 0.236. The van der Waals surface area contributed by atoms with E-state index in [4.69, 9.17) is 33.2 Å². The van der Waals surface area contributed by atoms with Crippen LogP contribution in [0.15, 0.2) is 188 Å². The Morgan fingerprint density at radius 3 is 1.33 bits per heavy atom. The number of hydrogen-bond acceptors (Lipinski definition) is 9. The molecule has 9 nitrogen and oxygen atoms in total. The summed E-state index contributed by atoms with van der Waals surface area (Å²) in [6, 6.07) is 60.9. The zero-order valence-corrected chi connectivity index (χ0v) is 36.5. The quantitative estimate of drug-likeness (QED) is 0.0481. The number of aliphatic hydroxyl groups excluding tert-OH is 2. The number of methoxy groups -OCH3 is 3. The van der Waals surface area contributed by atoms with E-state index in [2.05, 4.69) is 0 Å². The van der Waals surface area contributed by atoms with E-state index in [0.29, 0.717) is 47.3 Å². The molecular weight excluding hydrogens is 805 g/mol. The maximum atomic E-state index is 12.8. The number of aliphatic hydroxyl groups is 2. The summed E-state index contributed by atoms with van der Waals surface area (Å²) < 4.78 is 43.5. The molecule has 330 valence electrons. The molecule has 9 heteroatoms. The van der Waals surface area contributed by atoms with Gasteiger partial charge in [0.05, 0.1) is 33.0 Å². The van der Waals surface area contributed by atoms with Gasteiger partial charge in [0.2, 0.25) is 0 Å². The molecule has 7 rings (SSSR count). The van der Waals surface area contributed by atoms with E-state index in [1.807, 2.05) is 176 Å². The first-order chi connectivity index (χ1) is 31.5. The van der Waals surface area contributed by atoms with Gasteiger partial charge >= 0.3 is 0 Å². The molecule has 0 aliphatic carbocycles. The largest absolute Gasteiger partial charge is 0.493 e. The monoisotopic (exact) mass is 860 g/mol. The number of benzene rings is 7. The van der Waals surface area contributed by atoms with Crippen LogP contribution in [0.4, 0.5) is 0 Å². The predicted molar refractivity (Wildman–Crippen MR) is 247 cm³/mol. The van der Waals surface area contributed by atoms with Crippen molar-refractivity contribution in [1.82, 2.24) is 0 Å². The highest BCUT2D eigenvalue weighted by Crippen LogP contribution is 2.46. The molecule has 2 N–H and O–H groups in total. The van der Waals surface area contributed by atoms with Crippen molar-refractivity contribution in [2.24, 2.45) is 11.8 Å². The molecule has 0 heterocycles.